The molecule has 0 aliphatic rings. The van der Waals surface area contributed by atoms with Gasteiger partial charge in [-0.1, -0.05) is 13.8 Å². The molecule has 0 spiro atoms. The van der Waals surface area contributed by atoms with Gasteiger partial charge in [-0.05, 0) is 19.3 Å². The first kappa shape index (κ1) is 20.8. The van der Waals surface area contributed by atoms with Crippen LogP contribution in [0.3, 0.4) is 0 Å². The zero-order valence-corrected chi connectivity index (χ0v) is 13.8. The van der Waals surface area contributed by atoms with E-state index in [4.69, 9.17) is 4.74 Å². The van der Waals surface area contributed by atoms with E-state index in [1.54, 1.807) is 13.8 Å². The van der Waals surface area contributed by atoms with E-state index in [-0.39, 0.29) is 37.5 Å². The van der Waals surface area contributed by atoms with Gasteiger partial charge in [-0.25, -0.2) is 4.39 Å². The van der Waals surface area contributed by atoms with Gasteiger partial charge in [0, 0.05) is 26.2 Å². The van der Waals surface area contributed by atoms with Crippen molar-refractivity contribution < 1.29 is 23.5 Å². The van der Waals surface area contributed by atoms with Gasteiger partial charge in [0.05, 0.1) is 13.2 Å². The van der Waals surface area contributed by atoms with Crippen molar-refractivity contribution in [1.82, 2.24) is 10.6 Å². The van der Waals surface area contributed by atoms with Gasteiger partial charge in [0.1, 0.15) is 12.8 Å². The summed E-state index contributed by atoms with van der Waals surface area (Å²) < 4.78 is 23.3. The van der Waals surface area contributed by atoms with Crippen LogP contribution >= 0.6 is 0 Å². The number of nitrogens with one attached hydrogen (secondary N) is 2. The van der Waals surface area contributed by atoms with Gasteiger partial charge in [-0.3, -0.25) is 9.59 Å². The number of alkyl halides is 1. The van der Waals surface area contributed by atoms with E-state index < -0.39 is 6.17 Å². The molecule has 0 rings (SSSR count). The summed E-state index contributed by atoms with van der Waals surface area (Å²) in [6.45, 7) is 4.66. The van der Waals surface area contributed by atoms with Crippen LogP contribution < -0.4 is 10.6 Å². The van der Waals surface area contributed by atoms with Crippen molar-refractivity contribution in [2.75, 3.05) is 40.0 Å². The fourth-order valence-corrected chi connectivity index (χ4v) is 1.60. The van der Waals surface area contributed by atoms with Gasteiger partial charge in [-0.2, -0.15) is 0 Å². The molecule has 0 saturated heterocycles. The summed E-state index contributed by atoms with van der Waals surface area (Å²) in [5, 5.41) is 5.25. The molecule has 130 valence electrons. The summed E-state index contributed by atoms with van der Waals surface area (Å²) in [5.41, 5.74) is 0. The molecule has 6 nitrogen and oxygen atoms in total. The highest BCUT2D eigenvalue weighted by Crippen LogP contribution is 1.98. The quantitative estimate of drug-likeness (QED) is 0.497. The Labute approximate surface area is 132 Å². The molecule has 0 radical (unpaired) electrons. The minimum Gasteiger partial charge on any atom is -0.378 e. The van der Waals surface area contributed by atoms with Crippen molar-refractivity contribution >= 4 is 11.8 Å². The number of carbonyl (C=O) groups excluding carboxylic acids is 2. The highest BCUT2D eigenvalue weighted by Gasteiger charge is 2.11. The Bertz CT molecular complexity index is 314. The van der Waals surface area contributed by atoms with E-state index in [1.165, 1.54) is 7.11 Å². The maximum absolute atomic E-state index is 13.4. The van der Waals surface area contributed by atoms with Crippen LogP contribution in [0.5, 0.6) is 0 Å². The Morgan fingerprint density at radius 3 is 2.50 bits per heavy atom. The van der Waals surface area contributed by atoms with Crippen LogP contribution in [0.2, 0.25) is 0 Å². The lowest BCUT2D eigenvalue weighted by molar-refractivity contribution is -0.125. The maximum Gasteiger partial charge on any atom is 0.245 e. The number of amides is 2. The normalized spacial score (nSPS) is 12.2. The van der Waals surface area contributed by atoms with Gasteiger partial charge in [-0.15, -0.1) is 0 Å². The first-order chi connectivity index (χ1) is 10.5. The predicted octanol–water partition coefficient (Wildman–Crippen LogP) is 1.05. The Morgan fingerprint density at radius 1 is 1.14 bits per heavy atom. The van der Waals surface area contributed by atoms with E-state index in [2.05, 4.69) is 15.4 Å². The lowest BCUT2D eigenvalue weighted by Crippen LogP contribution is -2.34. The molecule has 7 heteroatoms. The molecule has 0 aromatic rings. The molecule has 0 aliphatic heterocycles. The molecule has 1 unspecified atom stereocenters. The second kappa shape index (κ2) is 13.5. The molecular formula is C15H29FN2O4. The van der Waals surface area contributed by atoms with Crippen molar-refractivity contribution in [3.8, 4) is 0 Å². The average Bonchev–Trinajstić information content (AvgIpc) is 2.47. The van der Waals surface area contributed by atoms with Crippen molar-refractivity contribution in [1.29, 1.82) is 0 Å². The van der Waals surface area contributed by atoms with Crippen LogP contribution in [0.25, 0.3) is 0 Å². The average molecular weight is 320 g/mol. The van der Waals surface area contributed by atoms with E-state index in [0.717, 1.165) is 19.3 Å². The van der Waals surface area contributed by atoms with E-state index in [9.17, 15) is 14.0 Å². The van der Waals surface area contributed by atoms with Crippen molar-refractivity contribution in [2.24, 2.45) is 5.92 Å². The van der Waals surface area contributed by atoms with Crippen LogP contribution in [0.1, 0.15) is 33.1 Å². The van der Waals surface area contributed by atoms with Crippen LogP contribution in [-0.2, 0) is 19.1 Å². The molecule has 0 bridgehead atoms. The van der Waals surface area contributed by atoms with Crippen molar-refractivity contribution in [2.45, 2.75) is 39.3 Å². The van der Waals surface area contributed by atoms with Crippen LogP contribution in [0.4, 0.5) is 4.39 Å². The largest absolute Gasteiger partial charge is 0.378 e. The summed E-state index contributed by atoms with van der Waals surface area (Å²) in [4.78, 5) is 22.3. The first-order valence-corrected chi connectivity index (χ1v) is 7.72. The number of hydrogen-bond donors (Lipinski definition) is 2. The third-order valence-corrected chi connectivity index (χ3v) is 2.88. The fourth-order valence-electron chi connectivity index (χ4n) is 1.60. The molecule has 0 saturated carbocycles. The van der Waals surface area contributed by atoms with Crippen LogP contribution in [0.15, 0.2) is 0 Å². The molecule has 2 N–H and O–H groups in total. The number of halogens is 1. The molecule has 0 fully saturated rings. The zero-order valence-electron chi connectivity index (χ0n) is 13.8. The number of ether oxygens (including phenoxy) is 2. The number of hydrogen-bond acceptors (Lipinski definition) is 4. The SMILES string of the molecule is COCC(=O)NCCCCCOCC(F)CNC(=O)C(C)C. The van der Waals surface area contributed by atoms with Crippen molar-refractivity contribution in [3.05, 3.63) is 0 Å². The van der Waals surface area contributed by atoms with Gasteiger partial charge in [0.15, 0.2) is 0 Å². The molecule has 22 heavy (non-hydrogen) atoms. The van der Waals surface area contributed by atoms with E-state index >= 15 is 0 Å². The summed E-state index contributed by atoms with van der Waals surface area (Å²) in [5.74, 6) is -0.418. The summed E-state index contributed by atoms with van der Waals surface area (Å²) in [6, 6.07) is 0. The van der Waals surface area contributed by atoms with Gasteiger partial charge < -0.3 is 20.1 Å². The number of methoxy groups -OCH3 is 1. The smallest absolute Gasteiger partial charge is 0.245 e. The van der Waals surface area contributed by atoms with Crippen LogP contribution in [-0.4, -0.2) is 58.0 Å². The van der Waals surface area contributed by atoms with Crippen LogP contribution in [0, 0.1) is 5.92 Å². The second-order valence-corrected chi connectivity index (χ2v) is 5.42. The minimum atomic E-state index is -1.18. The lowest BCUT2D eigenvalue weighted by Gasteiger charge is -2.12. The number of rotatable bonds is 13. The number of unbranched alkanes of at least 4 members (excludes halogenated alkanes) is 2. The molecule has 0 heterocycles. The van der Waals surface area contributed by atoms with Gasteiger partial charge in [0.25, 0.3) is 0 Å². The lowest BCUT2D eigenvalue weighted by atomic mass is 10.2. The molecule has 0 aromatic carbocycles. The third-order valence-electron chi connectivity index (χ3n) is 2.88. The second-order valence-electron chi connectivity index (χ2n) is 5.42. The Balaban J connectivity index is 3.35. The fraction of sp³-hybridized carbons (Fsp3) is 0.867. The molecule has 2 amide bonds. The van der Waals surface area contributed by atoms with Gasteiger partial charge in [0.2, 0.25) is 11.8 Å². The molecule has 0 aliphatic carbocycles. The number of carbonyl (C=O) groups is 2. The Hall–Kier alpha value is -1.21. The van der Waals surface area contributed by atoms with Crippen molar-refractivity contribution in [3.63, 3.8) is 0 Å². The predicted molar refractivity (Wildman–Crippen MR) is 82.3 cm³/mol. The molecule has 1 atom stereocenters. The minimum absolute atomic E-state index is 0.0110. The first-order valence-electron chi connectivity index (χ1n) is 7.72. The topological polar surface area (TPSA) is 76.7 Å². The summed E-state index contributed by atoms with van der Waals surface area (Å²) >= 11 is 0. The zero-order chi connectivity index (χ0) is 16.8. The van der Waals surface area contributed by atoms with Gasteiger partial charge >= 0.3 is 0 Å². The Morgan fingerprint density at radius 2 is 1.86 bits per heavy atom. The Kier molecular flexibility index (Phi) is 12.7. The van der Waals surface area contributed by atoms with E-state index in [1.807, 2.05) is 0 Å². The third kappa shape index (κ3) is 12.5. The maximum atomic E-state index is 13.4. The summed E-state index contributed by atoms with van der Waals surface area (Å²) in [7, 11) is 1.48. The summed E-state index contributed by atoms with van der Waals surface area (Å²) in [6.07, 6.45) is 1.37. The van der Waals surface area contributed by atoms with E-state index in [0.29, 0.717) is 13.2 Å². The monoisotopic (exact) mass is 320 g/mol. The molecular weight excluding hydrogens is 291 g/mol. The molecule has 0 aromatic heterocycles. The standard InChI is InChI=1S/C15H29FN2O4/c1-12(2)15(20)18-9-13(16)10-22-8-6-4-5-7-17-14(19)11-21-3/h12-13H,4-11H2,1-3H3,(H,17,19)(H,18,20). The highest BCUT2D eigenvalue weighted by molar-refractivity contribution is 5.77. The highest BCUT2D eigenvalue weighted by atomic mass is 19.1.